The number of aromatic amines is 1. The molecule has 1 fully saturated rings. The second kappa shape index (κ2) is 9.15. The van der Waals surface area contributed by atoms with Crippen molar-refractivity contribution in [2.75, 3.05) is 39.9 Å². The van der Waals surface area contributed by atoms with Crippen molar-refractivity contribution in [2.45, 2.75) is 31.8 Å². The Labute approximate surface area is 209 Å². The molecule has 9 nitrogen and oxygen atoms in total. The number of carbonyl (C=O) groups excluding carboxylic acids is 2. The number of rotatable bonds is 8. The minimum atomic E-state index is -1.09. The number of fused-ring (bicyclic) bond motifs is 4. The average Bonchev–Trinajstić information content (AvgIpc) is 3.31. The predicted molar refractivity (Wildman–Crippen MR) is 135 cm³/mol. The molecule has 3 N–H and O–H groups in total. The number of urea groups is 1. The fourth-order valence-corrected chi connectivity index (χ4v) is 5.67. The maximum absolute atomic E-state index is 13.9. The van der Waals surface area contributed by atoms with Crippen molar-refractivity contribution >= 4 is 22.8 Å². The molecule has 2 atom stereocenters. The number of phenolic OH excluding ortho intramolecular Hbond substituents is 1. The molecular formula is C27H32N4O5. The molecule has 190 valence electrons. The van der Waals surface area contributed by atoms with Crippen LogP contribution in [0.5, 0.6) is 11.5 Å². The Bertz CT molecular complexity index is 1320. The molecule has 0 radical (unpaired) electrons. The second-order valence-corrected chi connectivity index (χ2v) is 9.64. The topological polar surface area (TPSA) is 109 Å². The molecule has 0 spiro atoms. The number of nitrogens with zero attached hydrogens (tertiary/aromatic N) is 3. The van der Waals surface area contributed by atoms with E-state index in [2.05, 4.69) is 4.98 Å². The number of aromatic hydroxyl groups is 1. The van der Waals surface area contributed by atoms with Crippen LogP contribution in [0.1, 0.15) is 36.7 Å². The van der Waals surface area contributed by atoms with E-state index in [1.54, 1.807) is 30.2 Å². The summed E-state index contributed by atoms with van der Waals surface area (Å²) < 4.78 is 5.45. The maximum Gasteiger partial charge on any atom is 0.328 e. The highest BCUT2D eigenvalue weighted by atomic mass is 16.5. The molecule has 2 aliphatic heterocycles. The monoisotopic (exact) mass is 492 g/mol. The number of nitrogens with one attached hydrogen (secondary N) is 1. The number of ether oxygens (including phenoxy) is 1. The van der Waals surface area contributed by atoms with Crippen LogP contribution in [0.3, 0.4) is 0 Å². The average molecular weight is 493 g/mol. The summed E-state index contributed by atoms with van der Waals surface area (Å²) in [5.41, 5.74) is 2.33. The van der Waals surface area contributed by atoms with E-state index in [1.807, 2.05) is 43.0 Å². The van der Waals surface area contributed by atoms with E-state index in [0.717, 1.165) is 27.7 Å². The number of methoxy groups -OCH3 is 1. The van der Waals surface area contributed by atoms with Crippen LogP contribution in [-0.4, -0.2) is 87.3 Å². The largest absolute Gasteiger partial charge is 0.508 e. The number of likely N-dealkylation sites (N-methyl/N-ethyl adjacent to an activating group) is 1. The van der Waals surface area contributed by atoms with Gasteiger partial charge in [0.2, 0.25) is 0 Å². The van der Waals surface area contributed by atoms with Gasteiger partial charge >= 0.3 is 6.03 Å². The molecule has 1 saturated heterocycles. The third-order valence-corrected chi connectivity index (χ3v) is 7.56. The number of benzene rings is 2. The zero-order valence-corrected chi connectivity index (χ0v) is 20.8. The van der Waals surface area contributed by atoms with Gasteiger partial charge in [0.05, 0.1) is 13.7 Å². The summed E-state index contributed by atoms with van der Waals surface area (Å²) in [6.07, 6.45) is 0.361. The molecule has 9 heteroatoms. The summed E-state index contributed by atoms with van der Waals surface area (Å²) in [6.45, 7) is 5.76. The van der Waals surface area contributed by atoms with Gasteiger partial charge in [-0.05, 0) is 54.9 Å². The van der Waals surface area contributed by atoms with Crippen molar-refractivity contribution in [3.63, 3.8) is 0 Å². The summed E-state index contributed by atoms with van der Waals surface area (Å²) in [5, 5.41) is 20.5. The summed E-state index contributed by atoms with van der Waals surface area (Å²) in [6, 6.07) is 11.7. The number of hydrogen-bond acceptors (Lipinski definition) is 6. The van der Waals surface area contributed by atoms with E-state index in [9.17, 15) is 19.8 Å². The molecule has 36 heavy (non-hydrogen) atoms. The summed E-state index contributed by atoms with van der Waals surface area (Å²) in [7, 11) is 1.62. The minimum absolute atomic E-state index is 0.0182. The Kier molecular flexibility index (Phi) is 6.13. The lowest BCUT2D eigenvalue weighted by molar-refractivity contribution is -0.133. The fraction of sp³-hybridized carbons (Fsp3) is 0.407. The SMILES string of the molecule is CCN(CCO)CCN1C(=O)N2C(c3cccc(O)c3)c3[nH]c4ccc(OC)cc4c3CC2(C)C1=O. The van der Waals surface area contributed by atoms with E-state index < -0.39 is 11.6 Å². The Hall–Kier alpha value is -3.56. The van der Waals surface area contributed by atoms with Gasteiger partial charge < -0.3 is 19.9 Å². The number of aliphatic hydroxyl groups excluding tert-OH is 1. The van der Waals surface area contributed by atoms with Crippen molar-refractivity contribution < 1.29 is 24.5 Å². The van der Waals surface area contributed by atoms with Crippen molar-refractivity contribution in [2.24, 2.45) is 0 Å². The Morgan fingerprint density at radius 2 is 2.00 bits per heavy atom. The van der Waals surface area contributed by atoms with E-state index >= 15 is 0 Å². The first-order valence-corrected chi connectivity index (χ1v) is 12.3. The standard InChI is InChI=1S/C27H32N4O5/c1-4-29(12-13-32)10-11-30-25(34)27(2)16-21-20-15-19(36-3)8-9-22(20)28-23(21)24(31(27)26(30)35)17-6-5-7-18(33)14-17/h5-9,14-15,24,28,32-33H,4,10-13,16H2,1-3H3. The number of imide groups is 1. The van der Waals surface area contributed by atoms with E-state index in [-0.39, 0.29) is 30.8 Å². The predicted octanol–water partition coefficient (Wildman–Crippen LogP) is 2.86. The molecule has 2 aliphatic rings. The number of hydrogen-bond donors (Lipinski definition) is 3. The van der Waals surface area contributed by atoms with Gasteiger partial charge in [-0.3, -0.25) is 19.5 Å². The second-order valence-electron chi connectivity index (χ2n) is 9.64. The smallest absolute Gasteiger partial charge is 0.328 e. The number of carbonyl (C=O) groups is 2. The van der Waals surface area contributed by atoms with E-state index in [4.69, 9.17) is 4.74 Å². The zero-order valence-electron chi connectivity index (χ0n) is 20.8. The van der Waals surface area contributed by atoms with Crippen molar-refractivity contribution in [1.29, 1.82) is 0 Å². The third kappa shape index (κ3) is 3.70. The molecule has 2 aromatic carbocycles. The fourth-order valence-electron chi connectivity index (χ4n) is 5.67. The molecule has 3 heterocycles. The van der Waals surface area contributed by atoms with E-state index in [0.29, 0.717) is 31.8 Å². The van der Waals surface area contributed by atoms with Gasteiger partial charge in [0.1, 0.15) is 23.1 Å². The van der Waals surface area contributed by atoms with Crippen LogP contribution in [0.25, 0.3) is 10.9 Å². The molecule has 0 bridgehead atoms. The Balaban J connectivity index is 1.62. The molecule has 0 aliphatic carbocycles. The maximum atomic E-state index is 13.9. The lowest BCUT2D eigenvalue weighted by Gasteiger charge is -2.42. The minimum Gasteiger partial charge on any atom is -0.508 e. The first kappa shape index (κ1) is 24.1. The van der Waals surface area contributed by atoms with Crippen molar-refractivity contribution in [3.05, 3.63) is 59.3 Å². The first-order valence-electron chi connectivity index (χ1n) is 12.3. The highest BCUT2D eigenvalue weighted by Crippen LogP contribution is 2.49. The summed E-state index contributed by atoms with van der Waals surface area (Å²) in [4.78, 5) is 36.3. The lowest BCUT2D eigenvalue weighted by Crippen LogP contribution is -2.53. The number of amides is 3. The first-order chi connectivity index (χ1) is 17.3. The number of aliphatic hydroxyl groups is 1. The molecule has 3 aromatic rings. The van der Waals surface area contributed by atoms with Crippen LogP contribution in [0.4, 0.5) is 4.79 Å². The van der Waals surface area contributed by atoms with Gasteiger partial charge in [0, 0.05) is 42.7 Å². The Morgan fingerprint density at radius 3 is 2.69 bits per heavy atom. The van der Waals surface area contributed by atoms with Crippen molar-refractivity contribution in [1.82, 2.24) is 19.7 Å². The lowest BCUT2D eigenvalue weighted by atomic mass is 9.81. The normalized spacial score (nSPS) is 21.4. The van der Waals surface area contributed by atoms with Crippen LogP contribution in [0, 0.1) is 0 Å². The highest BCUT2D eigenvalue weighted by Gasteiger charge is 2.60. The van der Waals surface area contributed by atoms with Gasteiger partial charge in [0.25, 0.3) is 5.91 Å². The van der Waals surface area contributed by atoms with Gasteiger partial charge in [-0.15, -0.1) is 0 Å². The molecule has 0 saturated carbocycles. The van der Waals surface area contributed by atoms with Gasteiger partial charge in [-0.2, -0.15) is 0 Å². The van der Waals surface area contributed by atoms with Crippen LogP contribution < -0.4 is 4.74 Å². The summed E-state index contributed by atoms with van der Waals surface area (Å²) in [5.74, 6) is 0.571. The molecule has 5 rings (SSSR count). The quantitative estimate of drug-likeness (QED) is 0.417. The molecule has 3 amide bonds. The molecular weight excluding hydrogens is 460 g/mol. The third-order valence-electron chi connectivity index (χ3n) is 7.56. The molecule has 2 unspecified atom stereocenters. The van der Waals surface area contributed by atoms with Gasteiger partial charge in [-0.1, -0.05) is 19.1 Å². The number of phenols is 1. The van der Waals surface area contributed by atoms with Crippen LogP contribution in [-0.2, 0) is 11.2 Å². The number of aromatic nitrogens is 1. The highest BCUT2D eigenvalue weighted by molar-refractivity contribution is 6.08. The zero-order chi connectivity index (χ0) is 25.6. The van der Waals surface area contributed by atoms with Crippen molar-refractivity contribution in [3.8, 4) is 11.5 Å². The van der Waals surface area contributed by atoms with Gasteiger partial charge in [-0.25, -0.2) is 4.79 Å². The van der Waals surface area contributed by atoms with Crippen LogP contribution in [0.2, 0.25) is 0 Å². The van der Waals surface area contributed by atoms with Crippen LogP contribution >= 0.6 is 0 Å². The Morgan fingerprint density at radius 1 is 1.19 bits per heavy atom. The van der Waals surface area contributed by atoms with Crippen LogP contribution in [0.15, 0.2) is 42.5 Å². The van der Waals surface area contributed by atoms with Gasteiger partial charge in [0.15, 0.2) is 0 Å². The summed E-state index contributed by atoms with van der Waals surface area (Å²) >= 11 is 0. The molecule has 1 aromatic heterocycles. The van der Waals surface area contributed by atoms with E-state index in [1.165, 1.54) is 4.90 Å². The number of H-pyrrole nitrogens is 1.